The molecule has 1 saturated heterocycles. The Morgan fingerprint density at radius 2 is 1.76 bits per heavy atom. The maximum atomic E-state index is 14.0. The van der Waals surface area contributed by atoms with Crippen molar-refractivity contribution < 1.29 is 14.3 Å². The van der Waals surface area contributed by atoms with Crippen LogP contribution in [0.25, 0.3) is 0 Å². The normalized spacial score (nSPS) is 18.4. The smallest absolute Gasteiger partial charge is 0.410 e. The molecule has 1 aromatic heterocycles. The Morgan fingerprint density at radius 1 is 1.11 bits per heavy atom. The maximum absolute atomic E-state index is 14.0. The molecule has 2 aromatic rings. The second kappa shape index (κ2) is 11.5. The van der Waals surface area contributed by atoms with Gasteiger partial charge in [0.05, 0.1) is 5.92 Å². The van der Waals surface area contributed by atoms with E-state index in [2.05, 4.69) is 21.8 Å². The van der Waals surface area contributed by atoms with Crippen molar-refractivity contribution in [2.75, 3.05) is 37.6 Å². The summed E-state index contributed by atoms with van der Waals surface area (Å²) < 4.78 is 5.67. The average Bonchev–Trinajstić information content (AvgIpc) is 3.25. The summed E-state index contributed by atoms with van der Waals surface area (Å²) in [6.07, 6.45) is 3.34. The van der Waals surface area contributed by atoms with Gasteiger partial charge in [-0.15, -0.1) is 0 Å². The monoisotopic (exact) mass is 541 g/mol. The molecule has 2 aliphatic rings. The van der Waals surface area contributed by atoms with E-state index in [0.717, 1.165) is 29.9 Å². The molecule has 206 valence electrons. The molecule has 0 N–H and O–H groups in total. The number of aromatic nitrogens is 2. The van der Waals surface area contributed by atoms with Crippen molar-refractivity contribution in [3.8, 4) is 0 Å². The molecule has 0 radical (unpaired) electrons. The van der Waals surface area contributed by atoms with Crippen molar-refractivity contribution in [2.45, 2.75) is 77.9 Å². The van der Waals surface area contributed by atoms with E-state index in [-0.39, 0.29) is 18.5 Å². The number of nitrogens with zero attached hydrogens (tertiary/aromatic N) is 5. The Kier molecular flexibility index (Phi) is 8.50. The molecule has 0 unspecified atom stereocenters. The summed E-state index contributed by atoms with van der Waals surface area (Å²) in [4.78, 5) is 42.0. The molecule has 0 saturated carbocycles. The molecule has 1 aromatic carbocycles. The first-order valence-electron chi connectivity index (χ1n) is 13.6. The van der Waals surface area contributed by atoms with E-state index < -0.39 is 17.6 Å². The fraction of sp³-hybridized carbons (Fsp3) is 0.586. The first kappa shape index (κ1) is 28.1. The van der Waals surface area contributed by atoms with Crippen molar-refractivity contribution in [1.29, 1.82) is 0 Å². The highest BCUT2D eigenvalue weighted by atomic mass is 35.5. The van der Waals surface area contributed by atoms with Crippen LogP contribution in [0.15, 0.2) is 30.6 Å². The number of amides is 2. The van der Waals surface area contributed by atoms with Gasteiger partial charge in [0.15, 0.2) is 0 Å². The van der Waals surface area contributed by atoms with Crippen molar-refractivity contribution >= 4 is 29.4 Å². The number of benzene rings is 1. The van der Waals surface area contributed by atoms with Crippen LogP contribution < -0.4 is 4.90 Å². The number of piperazine rings is 1. The molecule has 9 heteroatoms. The van der Waals surface area contributed by atoms with Gasteiger partial charge in [-0.1, -0.05) is 30.7 Å². The molecular weight excluding hydrogens is 502 g/mol. The van der Waals surface area contributed by atoms with Gasteiger partial charge < -0.3 is 19.4 Å². The zero-order chi connectivity index (χ0) is 27.6. The molecule has 1 aliphatic carbocycles. The van der Waals surface area contributed by atoms with Crippen molar-refractivity contribution in [3.63, 3.8) is 0 Å². The van der Waals surface area contributed by atoms with Gasteiger partial charge in [0.25, 0.3) is 0 Å². The zero-order valence-corrected chi connectivity index (χ0v) is 24.2. The van der Waals surface area contributed by atoms with Crippen molar-refractivity contribution in [1.82, 2.24) is 19.8 Å². The second-order valence-electron chi connectivity index (χ2n) is 11.6. The predicted octanol–water partition coefficient (Wildman–Crippen LogP) is 5.26. The molecule has 0 spiro atoms. The number of aryl methyl sites for hydroxylation is 1. The maximum Gasteiger partial charge on any atom is 0.410 e. The van der Waals surface area contributed by atoms with Gasteiger partial charge in [-0.3, -0.25) is 4.79 Å². The lowest BCUT2D eigenvalue weighted by Gasteiger charge is -2.39. The van der Waals surface area contributed by atoms with Crippen LogP contribution in [-0.2, 0) is 16.0 Å². The summed E-state index contributed by atoms with van der Waals surface area (Å²) in [5.41, 5.74) is 2.62. The number of hydrogen-bond acceptors (Lipinski definition) is 6. The fourth-order valence-electron chi connectivity index (χ4n) is 5.27. The third-order valence-electron chi connectivity index (χ3n) is 7.34. The largest absolute Gasteiger partial charge is 0.444 e. The SMILES string of the molecule is CC(C)N(C[C@@H](C(=O)N1CCN(c2ncnc3c2[C@H](C)CC3)CC1)c1ccc(Cl)cc1)C(=O)OC(C)(C)C. The van der Waals surface area contributed by atoms with Crippen LogP contribution in [0.1, 0.15) is 76.6 Å². The van der Waals surface area contributed by atoms with E-state index in [1.165, 1.54) is 5.56 Å². The van der Waals surface area contributed by atoms with Gasteiger partial charge in [0.2, 0.25) is 5.91 Å². The minimum atomic E-state index is -0.626. The standard InChI is InChI=1S/C29H40ClN5O3/c1-19(2)35(28(37)38-29(4,5)6)17-23(21-8-10-22(30)11-9-21)27(36)34-15-13-33(14-16-34)26-25-20(3)7-12-24(25)31-18-32-26/h8-11,18-20,23H,7,12-17H2,1-6H3/t20-,23-/m1/s1. The van der Waals surface area contributed by atoms with Gasteiger partial charge in [-0.25, -0.2) is 14.8 Å². The van der Waals surface area contributed by atoms with Gasteiger partial charge in [0, 0.05) is 55.0 Å². The van der Waals surface area contributed by atoms with Crippen molar-refractivity contribution in [2.24, 2.45) is 0 Å². The van der Waals surface area contributed by atoms with Crippen LogP contribution in [0.4, 0.5) is 10.6 Å². The number of carbonyl (C=O) groups is 2. The Balaban J connectivity index is 1.52. The van der Waals surface area contributed by atoms with Crippen LogP contribution in [-0.4, -0.2) is 76.1 Å². The lowest BCUT2D eigenvalue weighted by atomic mass is 9.96. The molecule has 2 heterocycles. The van der Waals surface area contributed by atoms with E-state index in [1.807, 2.05) is 51.7 Å². The molecule has 0 bridgehead atoms. The van der Waals surface area contributed by atoms with E-state index in [9.17, 15) is 9.59 Å². The molecule has 38 heavy (non-hydrogen) atoms. The lowest BCUT2D eigenvalue weighted by Crippen LogP contribution is -2.52. The molecule has 2 amide bonds. The molecule has 8 nitrogen and oxygen atoms in total. The molecule has 1 aliphatic heterocycles. The lowest BCUT2D eigenvalue weighted by molar-refractivity contribution is -0.133. The highest BCUT2D eigenvalue weighted by Gasteiger charge is 2.35. The Bertz CT molecular complexity index is 1140. The summed E-state index contributed by atoms with van der Waals surface area (Å²) in [5, 5.41) is 0.605. The topological polar surface area (TPSA) is 78.9 Å². The summed E-state index contributed by atoms with van der Waals surface area (Å²) in [5.74, 6) is 0.932. The number of anilines is 1. The average molecular weight is 542 g/mol. The van der Waals surface area contributed by atoms with Gasteiger partial charge in [-0.05, 0) is 71.1 Å². The molecular formula is C29H40ClN5O3. The summed E-state index contributed by atoms with van der Waals surface area (Å²) >= 11 is 6.15. The summed E-state index contributed by atoms with van der Waals surface area (Å²) in [6, 6.07) is 7.20. The second-order valence-corrected chi connectivity index (χ2v) is 12.1. The van der Waals surface area contributed by atoms with Crippen LogP contribution in [0, 0.1) is 0 Å². The fourth-order valence-corrected chi connectivity index (χ4v) is 5.39. The minimum absolute atomic E-state index is 0.00228. The Hall–Kier alpha value is -2.87. The van der Waals surface area contributed by atoms with Gasteiger partial charge in [0.1, 0.15) is 17.7 Å². The van der Waals surface area contributed by atoms with Crippen LogP contribution >= 0.6 is 11.6 Å². The number of halogens is 1. The minimum Gasteiger partial charge on any atom is -0.444 e. The van der Waals surface area contributed by atoms with Crippen LogP contribution in [0.5, 0.6) is 0 Å². The van der Waals surface area contributed by atoms with Gasteiger partial charge in [-0.2, -0.15) is 0 Å². The highest BCUT2D eigenvalue weighted by Crippen LogP contribution is 2.37. The van der Waals surface area contributed by atoms with E-state index >= 15 is 0 Å². The number of ether oxygens (including phenoxy) is 1. The molecule has 2 atom stereocenters. The first-order chi connectivity index (χ1) is 17.9. The third-order valence-corrected chi connectivity index (χ3v) is 7.60. The van der Waals surface area contributed by atoms with E-state index in [1.54, 1.807) is 23.4 Å². The number of carbonyl (C=O) groups excluding carboxylic acids is 2. The third kappa shape index (κ3) is 6.40. The number of fused-ring (bicyclic) bond motifs is 1. The van der Waals surface area contributed by atoms with Crippen molar-refractivity contribution in [3.05, 3.63) is 52.4 Å². The van der Waals surface area contributed by atoms with Gasteiger partial charge >= 0.3 is 6.09 Å². The molecule has 4 rings (SSSR count). The van der Waals surface area contributed by atoms with E-state index in [0.29, 0.717) is 37.1 Å². The number of rotatable bonds is 6. The van der Waals surface area contributed by atoms with E-state index in [4.69, 9.17) is 16.3 Å². The zero-order valence-electron chi connectivity index (χ0n) is 23.4. The predicted molar refractivity (Wildman–Crippen MR) is 150 cm³/mol. The highest BCUT2D eigenvalue weighted by molar-refractivity contribution is 6.30. The van der Waals surface area contributed by atoms with Crippen LogP contribution in [0.2, 0.25) is 5.02 Å². The summed E-state index contributed by atoms with van der Waals surface area (Å²) in [7, 11) is 0. The molecule has 1 fully saturated rings. The summed E-state index contributed by atoms with van der Waals surface area (Å²) in [6.45, 7) is 14.5. The number of hydrogen-bond donors (Lipinski definition) is 0. The Morgan fingerprint density at radius 3 is 2.37 bits per heavy atom. The quantitative estimate of drug-likeness (QED) is 0.496. The van der Waals surface area contributed by atoms with Crippen LogP contribution in [0.3, 0.4) is 0 Å². The Labute approximate surface area is 231 Å². The first-order valence-corrected chi connectivity index (χ1v) is 13.9.